The number of nitrogens with zero attached hydrogens (tertiary/aromatic N) is 2. The Balaban J connectivity index is 2.24. The quantitative estimate of drug-likeness (QED) is 0.717. The van der Waals surface area contributed by atoms with Crippen molar-refractivity contribution in [3.8, 4) is 11.3 Å². The Morgan fingerprint density at radius 2 is 1.68 bits per heavy atom. The van der Waals surface area contributed by atoms with Crippen LogP contribution in [0.2, 0.25) is 0 Å². The zero-order valence-electron chi connectivity index (χ0n) is 13.0. The number of carbonyl (C=O) groups is 1. The van der Waals surface area contributed by atoms with Gasteiger partial charge in [-0.3, -0.25) is 4.79 Å². The minimum atomic E-state index is -0.00744. The summed E-state index contributed by atoms with van der Waals surface area (Å²) in [5.41, 5.74) is 4.57. The Labute approximate surface area is 130 Å². The van der Waals surface area contributed by atoms with Crippen molar-refractivity contribution in [2.24, 2.45) is 0 Å². The van der Waals surface area contributed by atoms with Gasteiger partial charge in [-0.05, 0) is 19.1 Å². The number of carbonyl (C=O) groups excluding carboxylic acids is 1. The first-order valence-corrected chi connectivity index (χ1v) is 7.25. The van der Waals surface area contributed by atoms with Crippen LogP contribution in [0.1, 0.15) is 15.9 Å². The molecule has 0 aliphatic rings. The topological polar surface area (TPSA) is 33.2 Å². The van der Waals surface area contributed by atoms with Crippen LogP contribution in [-0.2, 0) is 0 Å². The van der Waals surface area contributed by atoms with Crippen LogP contribution in [0.4, 0.5) is 0 Å². The van der Waals surface area contributed by atoms with Crippen LogP contribution in [0.5, 0.6) is 0 Å². The second-order valence-electron chi connectivity index (χ2n) is 5.64. The van der Waals surface area contributed by atoms with Gasteiger partial charge in [0, 0.05) is 25.0 Å². The van der Waals surface area contributed by atoms with Crippen molar-refractivity contribution in [3.63, 3.8) is 0 Å². The summed E-state index contributed by atoms with van der Waals surface area (Å²) in [5.74, 6) is -0.00744. The number of benzene rings is 2. The molecule has 3 aromatic rings. The van der Waals surface area contributed by atoms with Gasteiger partial charge >= 0.3 is 0 Å². The maximum atomic E-state index is 12.5. The Morgan fingerprint density at radius 3 is 2.36 bits per heavy atom. The number of fused-ring (bicyclic) bond motifs is 1. The molecule has 1 heterocycles. The van der Waals surface area contributed by atoms with Crippen molar-refractivity contribution >= 4 is 16.8 Å². The van der Waals surface area contributed by atoms with Crippen LogP contribution < -0.4 is 0 Å². The molecule has 0 radical (unpaired) electrons. The summed E-state index contributed by atoms with van der Waals surface area (Å²) in [7, 11) is 3.53. The lowest BCUT2D eigenvalue weighted by atomic mass is 10.0. The number of hydrogen-bond donors (Lipinski definition) is 0. The van der Waals surface area contributed by atoms with Gasteiger partial charge in [-0.25, -0.2) is 4.98 Å². The van der Waals surface area contributed by atoms with E-state index in [1.54, 1.807) is 19.0 Å². The highest BCUT2D eigenvalue weighted by atomic mass is 16.2. The van der Waals surface area contributed by atoms with E-state index in [9.17, 15) is 4.79 Å². The third-order valence-corrected chi connectivity index (χ3v) is 3.70. The number of para-hydroxylation sites is 1. The van der Waals surface area contributed by atoms with Crippen LogP contribution >= 0.6 is 0 Å². The van der Waals surface area contributed by atoms with Crippen molar-refractivity contribution in [3.05, 3.63) is 65.7 Å². The summed E-state index contributed by atoms with van der Waals surface area (Å²) in [4.78, 5) is 18.8. The third kappa shape index (κ3) is 2.58. The molecule has 2 aromatic carbocycles. The van der Waals surface area contributed by atoms with Crippen molar-refractivity contribution in [1.82, 2.24) is 9.88 Å². The number of amides is 1. The largest absolute Gasteiger partial charge is 0.345 e. The Morgan fingerprint density at radius 1 is 1.00 bits per heavy atom. The van der Waals surface area contributed by atoms with Crippen molar-refractivity contribution in [2.75, 3.05) is 14.1 Å². The molecule has 3 heteroatoms. The lowest BCUT2D eigenvalue weighted by Gasteiger charge is -2.14. The normalized spacial score (nSPS) is 10.7. The molecule has 3 nitrogen and oxygen atoms in total. The summed E-state index contributed by atoms with van der Waals surface area (Å²) in [6.07, 6.45) is 0. The van der Waals surface area contributed by atoms with Crippen molar-refractivity contribution in [1.29, 1.82) is 0 Å². The number of pyridine rings is 1. The van der Waals surface area contributed by atoms with Crippen LogP contribution in [-0.4, -0.2) is 29.9 Å². The number of aromatic nitrogens is 1. The van der Waals surface area contributed by atoms with Crippen molar-refractivity contribution in [2.45, 2.75) is 6.92 Å². The van der Waals surface area contributed by atoms with Crippen LogP contribution in [0.3, 0.4) is 0 Å². The number of aryl methyl sites for hydroxylation is 1. The Hall–Kier alpha value is -2.68. The third-order valence-electron chi connectivity index (χ3n) is 3.70. The molecule has 0 fully saturated rings. The highest BCUT2D eigenvalue weighted by molar-refractivity contribution is 6.07. The highest BCUT2D eigenvalue weighted by Crippen LogP contribution is 2.25. The van der Waals surface area contributed by atoms with Crippen LogP contribution in [0, 0.1) is 6.92 Å². The summed E-state index contributed by atoms with van der Waals surface area (Å²) in [6, 6.07) is 17.8. The molecule has 0 atom stereocenters. The molecule has 0 saturated heterocycles. The van der Waals surface area contributed by atoms with E-state index in [2.05, 4.69) is 19.1 Å². The summed E-state index contributed by atoms with van der Waals surface area (Å²) < 4.78 is 0. The summed E-state index contributed by atoms with van der Waals surface area (Å²) in [6.45, 7) is 2.05. The molecule has 0 saturated carbocycles. The second-order valence-corrected chi connectivity index (χ2v) is 5.64. The lowest BCUT2D eigenvalue weighted by molar-refractivity contribution is 0.0829. The van der Waals surface area contributed by atoms with Gasteiger partial charge in [0.05, 0.1) is 16.8 Å². The standard InChI is InChI=1S/C19H18N2O/c1-13-8-10-14(11-9-13)18-12-16(19(22)21(2)3)15-6-4-5-7-17(15)20-18/h4-12H,1-3H3. The van der Waals surface area contributed by atoms with E-state index >= 15 is 0 Å². The maximum Gasteiger partial charge on any atom is 0.254 e. The predicted molar refractivity (Wildman–Crippen MR) is 89.9 cm³/mol. The Bertz CT molecular complexity index is 836. The minimum Gasteiger partial charge on any atom is -0.345 e. The van der Waals surface area contributed by atoms with Gasteiger partial charge in [-0.15, -0.1) is 0 Å². The van der Waals surface area contributed by atoms with E-state index in [0.717, 1.165) is 22.2 Å². The van der Waals surface area contributed by atoms with Gasteiger partial charge < -0.3 is 4.90 Å². The smallest absolute Gasteiger partial charge is 0.254 e. The van der Waals surface area contributed by atoms with Gasteiger partial charge in [0.2, 0.25) is 0 Å². The fourth-order valence-electron chi connectivity index (χ4n) is 2.47. The van der Waals surface area contributed by atoms with Crippen LogP contribution in [0.15, 0.2) is 54.6 Å². The van der Waals surface area contributed by atoms with Gasteiger partial charge in [0.25, 0.3) is 5.91 Å². The van der Waals surface area contributed by atoms with Gasteiger partial charge in [-0.2, -0.15) is 0 Å². The zero-order chi connectivity index (χ0) is 15.7. The van der Waals surface area contributed by atoms with E-state index in [0.29, 0.717) is 5.56 Å². The average Bonchev–Trinajstić information content (AvgIpc) is 2.53. The molecular weight excluding hydrogens is 272 g/mol. The average molecular weight is 290 g/mol. The van der Waals surface area contributed by atoms with Gasteiger partial charge in [-0.1, -0.05) is 48.0 Å². The molecule has 0 N–H and O–H groups in total. The minimum absolute atomic E-state index is 0.00744. The number of hydrogen-bond acceptors (Lipinski definition) is 2. The molecule has 0 aliphatic carbocycles. The highest BCUT2D eigenvalue weighted by Gasteiger charge is 2.15. The monoisotopic (exact) mass is 290 g/mol. The van der Waals surface area contributed by atoms with E-state index in [-0.39, 0.29) is 5.91 Å². The second kappa shape index (κ2) is 5.60. The SMILES string of the molecule is Cc1ccc(-c2cc(C(=O)N(C)C)c3ccccc3n2)cc1. The molecule has 3 rings (SSSR count). The van der Waals surface area contributed by atoms with Gasteiger partial charge in [0.1, 0.15) is 0 Å². The molecule has 1 amide bonds. The first-order valence-electron chi connectivity index (χ1n) is 7.25. The molecule has 0 bridgehead atoms. The molecule has 110 valence electrons. The first-order chi connectivity index (χ1) is 10.6. The van der Waals surface area contributed by atoms with E-state index in [4.69, 9.17) is 4.98 Å². The van der Waals surface area contributed by atoms with E-state index in [1.807, 2.05) is 42.5 Å². The fraction of sp³-hybridized carbons (Fsp3) is 0.158. The first kappa shape index (κ1) is 14.3. The molecular formula is C19H18N2O. The molecule has 0 spiro atoms. The Kier molecular flexibility index (Phi) is 3.63. The molecule has 22 heavy (non-hydrogen) atoms. The lowest BCUT2D eigenvalue weighted by Crippen LogP contribution is -2.22. The van der Waals surface area contributed by atoms with Crippen LogP contribution in [0.25, 0.3) is 22.2 Å². The van der Waals surface area contributed by atoms with E-state index < -0.39 is 0 Å². The molecule has 1 aromatic heterocycles. The van der Waals surface area contributed by atoms with Gasteiger partial charge in [0.15, 0.2) is 0 Å². The van der Waals surface area contributed by atoms with E-state index in [1.165, 1.54) is 5.56 Å². The predicted octanol–water partition coefficient (Wildman–Crippen LogP) is 3.91. The van der Waals surface area contributed by atoms with Crippen molar-refractivity contribution < 1.29 is 4.79 Å². The summed E-state index contributed by atoms with van der Waals surface area (Å²) >= 11 is 0. The molecule has 0 aliphatic heterocycles. The maximum absolute atomic E-state index is 12.5. The molecule has 0 unspecified atom stereocenters. The zero-order valence-corrected chi connectivity index (χ0v) is 13.0. The summed E-state index contributed by atoms with van der Waals surface area (Å²) in [5, 5.41) is 0.886. The number of rotatable bonds is 2. The fourth-order valence-corrected chi connectivity index (χ4v) is 2.47.